The summed E-state index contributed by atoms with van der Waals surface area (Å²) in [5.41, 5.74) is 1.46. The number of nitrogens with zero attached hydrogens (tertiary/aromatic N) is 1. The molecule has 0 saturated heterocycles. The van der Waals surface area contributed by atoms with E-state index in [1.807, 2.05) is 6.92 Å². The van der Waals surface area contributed by atoms with Crippen molar-refractivity contribution in [3.8, 4) is 0 Å². The maximum atomic E-state index is 12.6. The zero-order valence-corrected chi connectivity index (χ0v) is 14.5. The molecule has 6 nitrogen and oxygen atoms in total. The van der Waals surface area contributed by atoms with Crippen LogP contribution in [0.3, 0.4) is 0 Å². The zero-order chi connectivity index (χ0) is 17.5. The van der Waals surface area contributed by atoms with Gasteiger partial charge in [-0.3, -0.25) is 4.72 Å². The fraction of sp³-hybridized carbons (Fsp3) is 0.125. The van der Waals surface area contributed by atoms with E-state index in [1.165, 1.54) is 23.5 Å². The second kappa shape index (κ2) is 5.88. The summed E-state index contributed by atoms with van der Waals surface area (Å²) in [5.74, 6) is -1.42. The Kier molecular flexibility index (Phi) is 4.02. The number of carbonyl (C=O) groups excluding carboxylic acids is 1. The predicted molar refractivity (Wildman–Crippen MR) is 90.7 cm³/mol. The molecule has 3 rings (SSSR count). The summed E-state index contributed by atoms with van der Waals surface area (Å²) in [6.45, 7) is 3.48. The molecule has 0 aliphatic carbocycles. The highest BCUT2D eigenvalue weighted by Crippen LogP contribution is 2.27. The number of carbonyl (C=O) groups is 1. The van der Waals surface area contributed by atoms with Crippen molar-refractivity contribution in [1.29, 1.82) is 0 Å². The van der Waals surface area contributed by atoms with Crippen molar-refractivity contribution in [3.63, 3.8) is 0 Å². The second-order valence-electron chi connectivity index (χ2n) is 5.29. The Bertz CT molecular complexity index is 1060. The molecule has 0 saturated carbocycles. The highest BCUT2D eigenvalue weighted by Gasteiger charge is 2.18. The minimum Gasteiger partial charge on any atom is -0.545 e. The van der Waals surface area contributed by atoms with Crippen molar-refractivity contribution in [3.05, 3.63) is 52.5 Å². The normalized spacial score (nSPS) is 11.6. The van der Waals surface area contributed by atoms with Crippen LogP contribution in [-0.2, 0) is 10.0 Å². The van der Waals surface area contributed by atoms with E-state index in [-0.39, 0.29) is 10.5 Å². The van der Waals surface area contributed by atoms with Crippen LogP contribution in [0.25, 0.3) is 10.2 Å². The summed E-state index contributed by atoms with van der Waals surface area (Å²) in [4.78, 5) is 15.2. The fourth-order valence-corrected chi connectivity index (χ4v) is 4.52. The molecule has 0 unspecified atom stereocenters. The summed E-state index contributed by atoms with van der Waals surface area (Å²) >= 11 is 1.47. The van der Waals surface area contributed by atoms with E-state index < -0.39 is 16.0 Å². The summed E-state index contributed by atoms with van der Waals surface area (Å²) in [5, 5.41) is 11.9. The third kappa shape index (κ3) is 3.10. The van der Waals surface area contributed by atoms with Crippen LogP contribution >= 0.6 is 11.3 Å². The average Bonchev–Trinajstić information content (AvgIpc) is 2.86. The number of aryl methyl sites for hydroxylation is 2. The van der Waals surface area contributed by atoms with E-state index in [0.29, 0.717) is 11.3 Å². The molecule has 0 atom stereocenters. The number of aromatic nitrogens is 1. The summed E-state index contributed by atoms with van der Waals surface area (Å²) < 4.78 is 28.6. The van der Waals surface area contributed by atoms with Gasteiger partial charge in [-0.05, 0) is 49.2 Å². The zero-order valence-electron chi connectivity index (χ0n) is 12.9. The van der Waals surface area contributed by atoms with Crippen molar-refractivity contribution in [2.75, 3.05) is 4.72 Å². The SMILES string of the molecule is Cc1nc2ccc(NS(=O)(=O)c3cc(C(=O)[O-])ccc3C)cc2s1. The van der Waals surface area contributed by atoms with Gasteiger partial charge in [0.05, 0.1) is 31.8 Å². The lowest BCUT2D eigenvalue weighted by atomic mass is 10.1. The Hall–Kier alpha value is -2.45. The number of carboxylic acids is 1. The summed E-state index contributed by atoms with van der Waals surface area (Å²) in [6.07, 6.45) is 0. The maximum Gasteiger partial charge on any atom is 0.262 e. The van der Waals surface area contributed by atoms with Crippen LogP contribution in [0, 0.1) is 13.8 Å². The molecule has 0 amide bonds. The number of sulfonamides is 1. The fourth-order valence-electron chi connectivity index (χ4n) is 2.33. The van der Waals surface area contributed by atoms with E-state index in [9.17, 15) is 18.3 Å². The molecule has 1 heterocycles. The molecule has 124 valence electrons. The number of anilines is 1. The van der Waals surface area contributed by atoms with Crippen LogP contribution in [0.15, 0.2) is 41.3 Å². The van der Waals surface area contributed by atoms with Crippen LogP contribution in [0.5, 0.6) is 0 Å². The van der Waals surface area contributed by atoms with Gasteiger partial charge in [0.15, 0.2) is 0 Å². The van der Waals surface area contributed by atoms with E-state index in [1.54, 1.807) is 25.1 Å². The number of rotatable bonds is 4. The number of aromatic carboxylic acids is 1. The first-order valence-corrected chi connectivity index (χ1v) is 9.28. The molecule has 1 aromatic heterocycles. The second-order valence-corrected chi connectivity index (χ2v) is 8.17. The number of carboxylic acid groups (broad SMARTS) is 1. The number of nitrogens with one attached hydrogen (secondary N) is 1. The molecule has 24 heavy (non-hydrogen) atoms. The minimum atomic E-state index is -3.92. The molecule has 0 bridgehead atoms. The first-order valence-electron chi connectivity index (χ1n) is 6.98. The molecular weight excluding hydrogens is 348 g/mol. The van der Waals surface area contributed by atoms with E-state index in [4.69, 9.17) is 0 Å². The van der Waals surface area contributed by atoms with Gasteiger partial charge in [-0.2, -0.15) is 0 Å². The molecular formula is C16H13N2O4S2-. The smallest absolute Gasteiger partial charge is 0.262 e. The summed E-state index contributed by atoms with van der Waals surface area (Å²) in [6, 6.07) is 8.92. The van der Waals surface area contributed by atoms with E-state index >= 15 is 0 Å². The van der Waals surface area contributed by atoms with Crippen molar-refractivity contribution >= 4 is 43.2 Å². The number of hydrogen-bond acceptors (Lipinski definition) is 6. The molecule has 2 aromatic carbocycles. The van der Waals surface area contributed by atoms with E-state index in [2.05, 4.69) is 9.71 Å². The van der Waals surface area contributed by atoms with Gasteiger partial charge >= 0.3 is 0 Å². The van der Waals surface area contributed by atoms with Crippen molar-refractivity contribution in [1.82, 2.24) is 4.98 Å². The lowest BCUT2D eigenvalue weighted by Gasteiger charge is -2.12. The Morgan fingerprint density at radius 1 is 1.17 bits per heavy atom. The molecule has 8 heteroatoms. The molecule has 0 spiro atoms. The molecule has 0 radical (unpaired) electrons. The number of thiazole rings is 1. The van der Waals surface area contributed by atoms with Crippen LogP contribution in [0.1, 0.15) is 20.9 Å². The van der Waals surface area contributed by atoms with Gasteiger partial charge in [0.25, 0.3) is 10.0 Å². The Morgan fingerprint density at radius 3 is 2.62 bits per heavy atom. The molecule has 0 aliphatic heterocycles. The van der Waals surface area contributed by atoms with Gasteiger partial charge in [-0.15, -0.1) is 11.3 Å². The van der Waals surface area contributed by atoms with Gasteiger partial charge in [0.2, 0.25) is 0 Å². The standard InChI is InChI=1S/C16H14N2O4S2/c1-9-3-4-11(16(19)20)7-15(9)24(21,22)18-12-5-6-13-14(8-12)23-10(2)17-13/h3-8,18H,1-2H3,(H,19,20)/p-1. The van der Waals surface area contributed by atoms with Crippen LogP contribution in [0.4, 0.5) is 5.69 Å². The molecule has 0 fully saturated rings. The van der Waals surface area contributed by atoms with Gasteiger partial charge in [0, 0.05) is 0 Å². The van der Waals surface area contributed by atoms with Crippen LogP contribution in [0.2, 0.25) is 0 Å². The predicted octanol–water partition coefficient (Wildman–Crippen LogP) is 2.08. The van der Waals surface area contributed by atoms with Gasteiger partial charge < -0.3 is 9.90 Å². The van der Waals surface area contributed by atoms with E-state index in [0.717, 1.165) is 21.3 Å². The van der Waals surface area contributed by atoms with Gasteiger partial charge in [-0.25, -0.2) is 13.4 Å². The maximum absolute atomic E-state index is 12.6. The molecule has 3 aromatic rings. The monoisotopic (exact) mass is 361 g/mol. The lowest BCUT2D eigenvalue weighted by Crippen LogP contribution is -2.23. The highest BCUT2D eigenvalue weighted by atomic mass is 32.2. The first-order chi connectivity index (χ1) is 11.3. The van der Waals surface area contributed by atoms with Crippen molar-refractivity contribution in [2.24, 2.45) is 0 Å². The Morgan fingerprint density at radius 2 is 1.92 bits per heavy atom. The third-order valence-corrected chi connectivity index (χ3v) is 5.92. The highest BCUT2D eigenvalue weighted by molar-refractivity contribution is 7.92. The Labute approximate surface area is 142 Å². The van der Waals surface area contributed by atoms with Gasteiger partial charge in [-0.1, -0.05) is 12.1 Å². The summed E-state index contributed by atoms with van der Waals surface area (Å²) in [7, 11) is -3.92. The quantitative estimate of drug-likeness (QED) is 0.767. The number of benzene rings is 2. The van der Waals surface area contributed by atoms with Crippen LogP contribution in [-0.4, -0.2) is 19.4 Å². The minimum absolute atomic E-state index is 0.0928. The van der Waals surface area contributed by atoms with Crippen molar-refractivity contribution < 1.29 is 18.3 Å². The molecule has 1 N–H and O–H groups in total. The largest absolute Gasteiger partial charge is 0.545 e. The topological polar surface area (TPSA) is 99.2 Å². The first kappa shape index (κ1) is 16.4. The van der Waals surface area contributed by atoms with Gasteiger partial charge in [0.1, 0.15) is 0 Å². The Balaban J connectivity index is 2.00. The molecule has 0 aliphatic rings. The average molecular weight is 361 g/mol. The van der Waals surface area contributed by atoms with Crippen molar-refractivity contribution in [2.45, 2.75) is 18.7 Å². The number of fused-ring (bicyclic) bond motifs is 1. The number of hydrogen-bond donors (Lipinski definition) is 1. The third-order valence-electron chi connectivity index (χ3n) is 3.46. The van der Waals surface area contributed by atoms with Crippen LogP contribution < -0.4 is 9.83 Å². The lowest BCUT2D eigenvalue weighted by molar-refractivity contribution is -0.255.